The molecule has 12 nitrogen and oxygen atoms in total. The highest BCUT2D eigenvalue weighted by atomic mass is 19.1. The van der Waals surface area contributed by atoms with Crippen molar-refractivity contribution in [3.8, 4) is 11.3 Å². The molecular formula is C33H33FN8O4. The Morgan fingerprint density at radius 3 is 2.52 bits per heavy atom. The van der Waals surface area contributed by atoms with Crippen LogP contribution < -0.4 is 10.6 Å². The lowest BCUT2D eigenvalue weighted by atomic mass is 9.80. The Hall–Kier alpha value is -4.94. The maximum Gasteiger partial charge on any atom is 0.262 e. The molecule has 4 aliphatic rings. The number of imide groups is 2. The number of rotatable bonds is 8. The van der Waals surface area contributed by atoms with Crippen LogP contribution in [0.15, 0.2) is 36.8 Å². The smallest absolute Gasteiger partial charge is 0.262 e. The van der Waals surface area contributed by atoms with Gasteiger partial charge in [-0.2, -0.15) is 10.2 Å². The number of carbonyl (C=O) groups is 4. The minimum atomic E-state index is -0.987. The van der Waals surface area contributed by atoms with Gasteiger partial charge in [0.25, 0.3) is 11.8 Å². The standard InChI is InChI=1S/C33H33FN8O4/c1-16(2)40-14-23-25(34)13-36-29(30(23)39-40)24-15-41(38-28(24)18-3-4-18)20-9-17(10-20)12-35-19-5-6-21-22(11-19)33(46)42(32(21)45)26-7-8-27(43)37-31(26)44/h5-6,11,13-18,20,26,35H,3-4,7-10,12H2,1-2H3,(H,37,43,44). The average molecular weight is 625 g/mol. The zero-order valence-corrected chi connectivity index (χ0v) is 25.5. The number of hydrogen-bond acceptors (Lipinski definition) is 8. The average Bonchev–Trinajstić information content (AvgIpc) is 3.50. The number of amides is 4. The van der Waals surface area contributed by atoms with Gasteiger partial charge in [-0.05, 0) is 70.1 Å². The van der Waals surface area contributed by atoms with E-state index in [-0.39, 0.29) is 41.9 Å². The molecule has 2 aliphatic heterocycles. The van der Waals surface area contributed by atoms with E-state index in [9.17, 15) is 23.6 Å². The molecule has 0 radical (unpaired) electrons. The van der Waals surface area contributed by atoms with Crippen molar-refractivity contribution < 1.29 is 23.6 Å². The van der Waals surface area contributed by atoms with Crippen molar-refractivity contribution in [2.24, 2.45) is 5.92 Å². The fraction of sp³-hybridized carbons (Fsp3) is 0.424. The molecule has 2 saturated carbocycles. The van der Waals surface area contributed by atoms with E-state index < -0.39 is 29.7 Å². The quantitative estimate of drug-likeness (QED) is 0.275. The molecule has 2 N–H and O–H groups in total. The molecule has 8 rings (SSSR count). The summed E-state index contributed by atoms with van der Waals surface area (Å²) in [5.41, 5.74) is 4.39. The summed E-state index contributed by atoms with van der Waals surface area (Å²) in [6.45, 7) is 4.70. The van der Waals surface area contributed by atoms with Gasteiger partial charge < -0.3 is 5.32 Å². The van der Waals surface area contributed by atoms with Gasteiger partial charge in [-0.3, -0.25) is 43.7 Å². The minimum absolute atomic E-state index is 0.0808. The molecule has 0 spiro atoms. The number of halogens is 1. The Labute approximate surface area is 263 Å². The topological polar surface area (TPSA) is 144 Å². The largest absolute Gasteiger partial charge is 0.385 e. The van der Waals surface area contributed by atoms with Crippen molar-refractivity contribution in [2.45, 2.75) is 76.4 Å². The predicted octanol–water partition coefficient (Wildman–Crippen LogP) is 4.36. The van der Waals surface area contributed by atoms with Gasteiger partial charge >= 0.3 is 0 Å². The number of benzene rings is 1. The molecule has 1 saturated heterocycles. The summed E-state index contributed by atoms with van der Waals surface area (Å²) in [5.74, 6) is -1.69. The molecule has 13 heteroatoms. The number of piperidine rings is 1. The van der Waals surface area contributed by atoms with Crippen LogP contribution >= 0.6 is 0 Å². The molecule has 236 valence electrons. The van der Waals surface area contributed by atoms with Crippen LogP contribution in [0.3, 0.4) is 0 Å². The van der Waals surface area contributed by atoms with Gasteiger partial charge in [0.2, 0.25) is 11.8 Å². The SMILES string of the molecule is CC(C)n1cc2c(F)cnc(-c3cn(C4CC(CNc5ccc6c(c5)C(=O)N(C5CCC(=O)NC5=O)C6=O)C4)nc3C3CC3)c2n1. The number of fused-ring (bicyclic) bond motifs is 2. The molecular weight excluding hydrogens is 591 g/mol. The van der Waals surface area contributed by atoms with Crippen LogP contribution in [0.1, 0.15) is 96.8 Å². The number of nitrogens with zero attached hydrogens (tertiary/aromatic N) is 6. The van der Waals surface area contributed by atoms with Gasteiger partial charge in [0.05, 0.1) is 34.4 Å². The molecule has 3 aromatic heterocycles. The van der Waals surface area contributed by atoms with Gasteiger partial charge in [-0.25, -0.2) is 4.39 Å². The summed E-state index contributed by atoms with van der Waals surface area (Å²) in [6.07, 6.45) is 9.25. The summed E-state index contributed by atoms with van der Waals surface area (Å²) >= 11 is 0. The number of carbonyl (C=O) groups excluding carboxylic acids is 4. The number of aromatic nitrogens is 5. The highest BCUT2D eigenvalue weighted by molar-refractivity contribution is 6.23. The first-order valence-corrected chi connectivity index (χ1v) is 15.9. The summed E-state index contributed by atoms with van der Waals surface area (Å²) in [7, 11) is 0. The van der Waals surface area contributed by atoms with E-state index in [1.165, 1.54) is 6.20 Å². The highest BCUT2D eigenvalue weighted by Crippen LogP contribution is 2.46. The molecule has 5 heterocycles. The zero-order chi connectivity index (χ0) is 31.9. The Balaban J connectivity index is 0.947. The Morgan fingerprint density at radius 1 is 1.00 bits per heavy atom. The second-order valence-corrected chi connectivity index (χ2v) is 13.2. The van der Waals surface area contributed by atoms with Gasteiger partial charge in [0.1, 0.15) is 17.3 Å². The monoisotopic (exact) mass is 624 g/mol. The van der Waals surface area contributed by atoms with E-state index in [2.05, 4.69) is 20.7 Å². The third-order valence-electron chi connectivity index (χ3n) is 9.65. The minimum Gasteiger partial charge on any atom is -0.385 e. The van der Waals surface area contributed by atoms with Crippen LogP contribution in [0.4, 0.5) is 10.1 Å². The summed E-state index contributed by atoms with van der Waals surface area (Å²) in [5, 5.41) is 15.8. The van der Waals surface area contributed by atoms with Gasteiger partial charge in [0, 0.05) is 48.6 Å². The fourth-order valence-corrected chi connectivity index (χ4v) is 6.81. The van der Waals surface area contributed by atoms with E-state index in [1.54, 1.807) is 29.1 Å². The van der Waals surface area contributed by atoms with Crippen LogP contribution in [0.2, 0.25) is 0 Å². The summed E-state index contributed by atoms with van der Waals surface area (Å²) < 4.78 is 18.5. The van der Waals surface area contributed by atoms with Gasteiger partial charge in [0.15, 0.2) is 5.82 Å². The van der Waals surface area contributed by atoms with Crippen molar-refractivity contribution in [1.29, 1.82) is 0 Å². The molecule has 4 amide bonds. The highest BCUT2D eigenvalue weighted by Gasteiger charge is 2.45. The lowest BCUT2D eigenvalue weighted by Crippen LogP contribution is -2.54. The second-order valence-electron chi connectivity index (χ2n) is 13.2. The van der Waals surface area contributed by atoms with Crippen molar-refractivity contribution in [1.82, 2.24) is 34.8 Å². The van der Waals surface area contributed by atoms with Crippen molar-refractivity contribution in [3.63, 3.8) is 0 Å². The second kappa shape index (κ2) is 10.6. The Morgan fingerprint density at radius 2 is 1.78 bits per heavy atom. The molecule has 3 fully saturated rings. The number of nitrogens with one attached hydrogen (secondary N) is 2. The first kappa shape index (κ1) is 28.5. The molecule has 1 atom stereocenters. The lowest BCUT2D eigenvalue weighted by Gasteiger charge is -2.35. The Kier molecular flexibility index (Phi) is 6.55. The van der Waals surface area contributed by atoms with Crippen molar-refractivity contribution >= 4 is 40.2 Å². The number of hydrogen-bond donors (Lipinski definition) is 2. The molecule has 0 bridgehead atoms. The predicted molar refractivity (Wildman–Crippen MR) is 164 cm³/mol. The molecule has 2 aliphatic carbocycles. The summed E-state index contributed by atoms with van der Waals surface area (Å²) in [6, 6.07) is 4.38. The fourth-order valence-electron chi connectivity index (χ4n) is 6.81. The first-order chi connectivity index (χ1) is 22.2. The van der Waals surface area contributed by atoms with E-state index in [0.29, 0.717) is 35.0 Å². The summed E-state index contributed by atoms with van der Waals surface area (Å²) in [4.78, 5) is 55.5. The van der Waals surface area contributed by atoms with Gasteiger partial charge in [-0.1, -0.05) is 0 Å². The van der Waals surface area contributed by atoms with Crippen molar-refractivity contribution in [2.75, 3.05) is 11.9 Å². The van der Waals surface area contributed by atoms with Gasteiger partial charge in [-0.15, -0.1) is 0 Å². The van der Waals surface area contributed by atoms with E-state index >= 15 is 0 Å². The van der Waals surface area contributed by atoms with E-state index in [4.69, 9.17) is 5.10 Å². The normalized spacial score (nSPS) is 22.9. The molecule has 1 unspecified atom stereocenters. The third kappa shape index (κ3) is 4.67. The van der Waals surface area contributed by atoms with Crippen molar-refractivity contribution in [3.05, 3.63) is 59.4 Å². The maximum atomic E-state index is 14.7. The van der Waals surface area contributed by atoms with E-state index in [0.717, 1.165) is 47.5 Å². The number of pyridine rings is 1. The lowest BCUT2D eigenvalue weighted by molar-refractivity contribution is -0.136. The van der Waals surface area contributed by atoms with E-state index in [1.807, 2.05) is 24.7 Å². The maximum absolute atomic E-state index is 14.7. The van der Waals surface area contributed by atoms with Crippen LogP contribution in [0.5, 0.6) is 0 Å². The third-order valence-corrected chi connectivity index (χ3v) is 9.65. The number of anilines is 1. The Bertz CT molecular complexity index is 1950. The first-order valence-electron chi connectivity index (χ1n) is 15.9. The van der Waals surface area contributed by atoms with Crippen LogP contribution in [-0.4, -0.2) is 65.7 Å². The zero-order valence-electron chi connectivity index (χ0n) is 25.5. The molecule has 46 heavy (non-hydrogen) atoms. The van der Waals surface area contributed by atoms with Crippen LogP contribution in [-0.2, 0) is 9.59 Å². The van der Waals surface area contributed by atoms with Crippen LogP contribution in [0.25, 0.3) is 22.2 Å². The molecule has 4 aromatic rings. The van der Waals surface area contributed by atoms with Crippen LogP contribution in [0, 0.1) is 11.7 Å². The molecule has 1 aromatic carbocycles.